The number of hydrogen-bond acceptors (Lipinski definition) is 5. The first kappa shape index (κ1) is 20.4. The van der Waals surface area contributed by atoms with E-state index in [2.05, 4.69) is 6.92 Å². The molecule has 0 aromatic rings. The van der Waals surface area contributed by atoms with E-state index in [1.54, 1.807) is 0 Å². The van der Waals surface area contributed by atoms with Crippen molar-refractivity contribution in [2.24, 2.45) is 5.92 Å². The molecular formula is C17H30N2O5. The van der Waals surface area contributed by atoms with E-state index in [9.17, 15) is 14.4 Å². The van der Waals surface area contributed by atoms with Crippen LogP contribution in [-0.4, -0.2) is 47.6 Å². The number of piperidine rings is 1. The Kier molecular flexibility index (Phi) is 9.37. The summed E-state index contributed by atoms with van der Waals surface area (Å²) >= 11 is 0. The molecule has 24 heavy (non-hydrogen) atoms. The van der Waals surface area contributed by atoms with Crippen LogP contribution in [0.25, 0.3) is 0 Å². The third-order valence-electron chi connectivity index (χ3n) is 4.04. The molecule has 2 amide bonds. The van der Waals surface area contributed by atoms with Crippen molar-refractivity contribution in [2.75, 3.05) is 19.7 Å². The molecule has 2 saturated heterocycles. The lowest BCUT2D eigenvalue weighted by molar-refractivity contribution is -0.331. The molecule has 7 heteroatoms. The molecule has 0 radical (unpaired) electrons. The quantitative estimate of drug-likeness (QED) is 0.767. The topological polar surface area (TPSA) is 76.2 Å². The molecule has 0 atom stereocenters. The third kappa shape index (κ3) is 6.86. The Morgan fingerprint density at radius 3 is 2.50 bits per heavy atom. The molecule has 0 bridgehead atoms. The second-order valence-corrected chi connectivity index (χ2v) is 5.97. The Morgan fingerprint density at radius 1 is 1.21 bits per heavy atom. The lowest BCUT2D eigenvalue weighted by Gasteiger charge is -2.30. The summed E-state index contributed by atoms with van der Waals surface area (Å²) in [7, 11) is 0. The molecule has 2 rings (SSSR count). The van der Waals surface area contributed by atoms with E-state index in [-0.39, 0.29) is 18.2 Å². The van der Waals surface area contributed by atoms with Crippen molar-refractivity contribution < 1.29 is 24.1 Å². The van der Waals surface area contributed by atoms with Crippen molar-refractivity contribution in [1.29, 1.82) is 0 Å². The predicted octanol–water partition coefficient (Wildman–Crippen LogP) is 2.45. The third-order valence-corrected chi connectivity index (χ3v) is 4.04. The standard InChI is InChI=1S/C15H24N2O5.C2H6/c1-12-7-9-16(10-8-12)13(18)4-2-6-15(20)22-17-14(19)5-3-11-21-17;1-2/h12H,2-11H2,1H3;1-2H3. The van der Waals surface area contributed by atoms with Crippen molar-refractivity contribution in [3.05, 3.63) is 0 Å². The maximum absolute atomic E-state index is 12.0. The highest BCUT2D eigenvalue weighted by molar-refractivity contribution is 5.78. The molecular weight excluding hydrogens is 312 g/mol. The van der Waals surface area contributed by atoms with Gasteiger partial charge in [-0.05, 0) is 36.8 Å². The highest BCUT2D eigenvalue weighted by atomic mass is 17.0. The number of hydroxylamine groups is 2. The maximum Gasteiger partial charge on any atom is 0.335 e. The van der Waals surface area contributed by atoms with Gasteiger partial charge in [0.1, 0.15) is 0 Å². The zero-order valence-electron chi connectivity index (χ0n) is 15.1. The van der Waals surface area contributed by atoms with Gasteiger partial charge in [0.25, 0.3) is 5.91 Å². The summed E-state index contributed by atoms with van der Waals surface area (Å²) in [4.78, 5) is 46.7. The fraction of sp³-hybridized carbons (Fsp3) is 0.824. The second kappa shape index (κ2) is 11.0. The molecule has 138 valence electrons. The number of amides is 2. The van der Waals surface area contributed by atoms with Crippen LogP contribution in [0.3, 0.4) is 0 Å². The Balaban J connectivity index is 0.00000139. The fourth-order valence-electron chi connectivity index (χ4n) is 2.55. The number of likely N-dealkylation sites (tertiary alicyclic amines) is 1. The van der Waals surface area contributed by atoms with Crippen molar-refractivity contribution >= 4 is 17.8 Å². The van der Waals surface area contributed by atoms with Gasteiger partial charge in [0.2, 0.25) is 5.91 Å². The van der Waals surface area contributed by atoms with Crippen molar-refractivity contribution in [2.45, 2.75) is 65.7 Å². The molecule has 7 nitrogen and oxygen atoms in total. The van der Waals surface area contributed by atoms with Gasteiger partial charge in [-0.1, -0.05) is 20.8 Å². The summed E-state index contributed by atoms with van der Waals surface area (Å²) in [6.07, 6.45) is 3.90. The Hall–Kier alpha value is -1.63. The summed E-state index contributed by atoms with van der Waals surface area (Å²) in [6, 6.07) is 0. The van der Waals surface area contributed by atoms with E-state index >= 15 is 0 Å². The highest BCUT2D eigenvalue weighted by Gasteiger charge is 2.24. The van der Waals surface area contributed by atoms with Crippen LogP contribution >= 0.6 is 0 Å². The molecule has 0 aromatic heterocycles. The fourth-order valence-corrected chi connectivity index (χ4v) is 2.55. The van der Waals surface area contributed by atoms with Gasteiger partial charge in [0.15, 0.2) is 0 Å². The van der Waals surface area contributed by atoms with Gasteiger partial charge in [-0.3, -0.25) is 9.59 Å². The van der Waals surface area contributed by atoms with Crippen LogP contribution < -0.4 is 0 Å². The zero-order chi connectivity index (χ0) is 17.9. The molecule has 0 unspecified atom stereocenters. The van der Waals surface area contributed by atoms with Crippen molar-refractivity contribution in [3.63, 3.8) is 0 Å². The average molecular weight is 342 g/mol. The summed E-state index contributed by atoms with van der Waals surface area (Å²) in [5.41, 5.74) is 0. The largest absolute Gasteiger partial charge is 0.343 e. The van der Waals surface area contributed by atoms with Gasteiger partial charge in [-0.25, -0.2) is 9.63 Å². The van der Waals surface area contributed by atoms with Gasteiger partial charge in [0, 0.05) is 32.4 Å². The molecule has 2 fully saturated rings. The van der Waals surface area contributed by atoms with Crippen molar-refractivity contribution in [3.8, 4) is 0 Å². The first-order chi connectivity index (χ1) is 11.6. The predicted molar refractivity (Wildman–Crippen MR) is 88.3 cm³/mol. The Morgan fingerprint density at radius 2 is 1.88 bits per heavy atom. The van der Waals surface area contributed by atoms with Crippen LogP contribution in [0.5, 0.6) is 0 Å². The number of rotatable bonds is 5. The Bertz CT molecular complexity index is 419. The molecule has 0 N–H and O–H groups in total. The van der Waals surface area contributed by atoms with Gasteiger partial charge < -0.3 is 9.74 Å². The monoisotopic (exact) mass is 342 g/mol. The van der Waals surface area contributed by atoms with E-state index in [0.29, 0.717) is 43.4 Å². The first-order valence-corrected chi connectivity index (χ1v) is 9.00. The number of carbonyl (C=O) groups is 3. The minimum atomic E-state index is -0.546. The SMILES string of the molecule is CC.CC1CCN(C(=O)CCCC(=O)ON2OCCCC2=O)CC1. The number of carbonyl (C=O) groups excluding carboxylic acids is 3. The van der Waals surface area contributed by atoms with Crippen LogP contribution in [0.1, 0.15) is 65.7 Å². The second-order valence-electron chi connectivity index (χ2n) is 5.97. The number of nitrogens with zero attached hydrogens (tertiary/aromatic N) is 2. The molecule has 2 heterocycles. The normalized spacial score (nSPS) is 18.7. The van der Waals surface area contributed by atoms with E-state index in [1.165, 1.54) is 0 Å². The minimum absolute atomic E-state index is 0.0880. The average Bonchev–Trinajstić information content (AvgIpc) is 2.59. The zero-order valence-corrected chi connectivity index (χ0v) is 15.1. The molecule has 0 aromatic carbocycles. The van der Waals surface area contributed by atoms with E-state index < -0.39 is 5.97 Å². The molecule has 2 aliphatic rings. The smallest absolute Gasteiger partial charge is 0.335 e. The van der Waals surface area contributed by atoms with Crippen LogP contribution in [0.2, 0.25) is 0 Å². The summed E-state index contributed by atoms with van der Waals surface area (Å²) in [6.45, 7) is 8.17. The van der Waals surface area contributed by atoms with Gasteiger partial charge in [-0.15, -0.1) is 0 Å². The van der Waals surface area contributed by atoms with Gasteiger partial charge in [0.05, 0.1) is 6.61 Å². The van der Waals surface area contributed by atoms with E-state index in [1.807, 2.05) is 18.7 Å². The summed E-state index contributed by atoms with van der Waals surface area (Å²) < 4.78 is 0. The van der Waals surface area contributed by atoms with Gasteiger partial charge >= 0.3 is 5.97 Å². The van der Waals surface area contributed by atoms with Crippen LogP contribution in [0.15, 0.2) is 0 Å². The molecule has 0 aliphatic carbocycles. The molecule has 2 aliphatic heterocycles. The molecule has 0 saturated carbocycles. The van der Waals surface area contributed by atoms with E-state index in [4.69, 9.17) is 9.68 Å². The van der Waals surface area contributed by atoms with Gasteiger partial charge in [-0.2, -0.15) is 0 Å². The summed E-state index contributed by atoms with van der Waals surface area (Å²) in [5, 5.41) is 0.666. The minimum Gasteiger partial charge on any atom is -0.343 e. The summed E-state index contributed by atoms with van der Waals surface area (Å²) in [5.74, 6) is -0.125. The van der Waals surface area contributed by atoms with Crippen LogP contribution in [0.4, 0.5) is 0 Å². The Labute approximate surface area is 144 Å². The van der Waals surface area contributed by atoms with Crippen molar-refractivity contribution in [1.82, 2.24) is 10.1 Å². The number of hydrogen-bond donors (Lipinski definition) is 0. The lowest BCUT2D eigenvalue weighted by Crippen LogP contribution is -2.38. The van der Waals surface area contributed by atoms with Crippen LogP contribution in [0, 0.1) is 5.92 Å². The lowest BCUT2D eigenvalue weighted by atomic mass is 9.99. The highest BCUT2D eigenvalue weighted by Crippen LogP contribution is 2.17. The first-order valence-electron chi connectivity index (χ1n) is 9.00. The maximum atomic E-state index is 12.0. The van der Waals surface area contributed by atoms with E-state index in [0.717, 1.165) is 25.9 Å². The van der Waals surface area contributed by atoms with Crippen LogP contribution in [-0.2, 0) is 24.1 Å². The molecule has 0 spiro atoms.